The molecule has 0 aliphatic rings. The summed E-state index contributed by atoms with van der Waals surface area (Å²) in [7, 11) is 0. The Morgan fingerprint density at radius 3 is 2.94 bits per heavy atom. The summed E-state index contributed by atoms with van der Waals surface area (Å²) in [5.41, 5.74) is 2.36. The van der Waals surface area contributed by atoms with Crippen LogP contribution in [0.15, 0.2) is 17.8 Å². The van der Waals surface area contributed by atoms with Gasteiger partial charge in [-0.25, -0.2) is 4.98 Å². The van der Waals surface area contributed by atoms with E-state index in [1.54, 1.807) is 11.3 Å². The van der Waals surface area contributed by atoms with Crippen LogP contribution in [0.2, 0.25) is 0 Å². The lowest BCUT2D eigenvalue weighted by atomic mass is 10.2. The van der Waals surface area contributed by atoms with Gasteiger partial charge < -0.3 is 5.32 Å². The SMILES string of the molecule is CCn1cc(C(C)NCCc2nc(C)cs2)cn1. The van der Waals surface area contributed by atoms with Gasteiger partial charge in [0.05, 0.1) is 11.2 Å². The number of nitrogens with zero attached hydrogens (tertiary/aromatic N) is 3. The number of thiazole rings is 1. The zero-order valence-electron chi connectivity index (χ0n) is 11.2. The van der Waals surface area contributed by atoms with Crippen LogP contribution in [0.3, 0.4) is 0 Å². The Labute approximate surface area is 112 Å². The summed E-state index contributed by atoms with van der Waals surface area (Å²) in [5, 5.41) is 11.1. The third kappa shape index (κ3) is 3.40. The van der Waals surface area contributed by atoms with Gasteiger partial charge in [-0.3, -0.25) is 4.68 Å². The Bertz CT molecular complexity index is 489. The number of nitrogens with one attached hydrogen (secondary N) is 1. The van der Waals surface area contributed by atoms with E-state index in [1.807, 2.05) is 17.8 Å². The first-order chi connectivity index (χ1) is 8.69. The predicted molar refractivity (Wildman–Crippen MR) is 74.9 cm³/mol. The van der Waals surface area contributed by atoms with Crippen LogP contribution in [0, 0.1) is 6.92 Å². The average molecular weight is 264 g/mol. The maximum Gasteiger partial charge on any atom is 0.0940 e. The normalized spacial score (nSPS) is 12.8. The molecule has 2 heterocycles. The molecule has 0 amide bonds. The predicted octanol–water partition coefficient (Wildman–Crippen LogP) is 2.56. The molecular formula is C13H20N4S. The third-order valence-corrected chi connectivity index (χ3v) is 3.96. The number of aryl methyl sites for hydroxylation is 2. The van der Waals surface area contributed by atoms with E-state index in [4.69, 9.17) is 0 Å². The molecule has 0 aliphatic carbocycles. The Kier molecular flexibility index (Phi) is 4.49. The second-order valence-electron chi connectivity index (χ2n) is 4.44. The van der Waals surface area contributed by atoms with Gasteiger partial charge in [-0.15, -0.1) is 11.3 Å². The highest BCUT2D eigenvalue weighted by atomic mass is 32.1. The first-order valence-electron chi connectivity index (χ1n) is 6.35. The van der Waals surface area contributed by atoms with Gasteiger partial charge in [-0.2, -0.15) is 5.10 Å². The van der Waals surface area contributed by atoms with Crippen molar-refractivity contribution in [2.75, 3.05) is 6.54 Å². The van der Waals surface area contributed by atoms with Crippen molar-refractivity contribution >= 4 is 11.3 Å². The molecule has 2 aromatic heterocycles. The minimum Gasteiger partial charge on any atom is -0.310 e. The smallest absolute Gasteiger partial charge is 0.0940 e. The molecule has 5 heteroatoms. The molecule has 0 fully saturated rings. The number of aromatic nitrogens is 3. The van der Waals surface area contributed by atoms with Gasteiger partial charge in [0.1, 0.15) is 0 Å². The van der Waals surface area contributed by atoms with Crippen LogP contribution < -0.4 is 5.32 Å². The quantitative estimate of drug-likeness (QED) is 0.872. The first kappa shape index (κ1) is 13.2. The zero-order valence-corrected chi connectivity index (χ0v) is 12.0. The maximum atomic E-state index is 4.46. The molecule has 2 rings (SSSR count). The largest absolute Gasteiger partial charge is 0.310 e. The van der Waals surface area contributed by atoms with Crippen molar-refractivity contribution in [3.63, 3.8) is 0 Å². The lowest BCUT2D eigenvalue weighted by molar-refractivity contribution is 0.574. The summed E-state index contributed by atoms with van der Waals surface area (Å²) in [4.78, 5) is 4.46. The summed E-state index contributed by atoms with van der Waals surface area (Å²) in [6.45, 7) is 8.18. The molecular weight excluding hydrogens is 244 g/mol. The van der Waals surface area contributed by atoms with Gasteiger partial charge in [-0.1, -0.05) is 0 Å². The van der Waals surface area contributed by atoms with Crippen LogP contribution >= 0.6 is 11.3 Å². The van der Waals surface area contributed by atoms with Crippen molar-refractivity contribution in [2.45, 2.75) is 39.8 Å². The second kappa shape index (κ2) is 6.11. The van der Waals surface area contributed by atoms with E-state index in [0.717, 1.165) is 25.2 Å². The fourth-order valence-corrected chi connectivity index (χ4v) is 2.58. The highest BCUT2D eigenvalue weighted by Crippen LogP contribution is 2.12. The van der Waals surface area contributed by atoms with Crippen LogP contribution in [0.5, 0.6) is 0 Å². The fraction of sp³-hybridized carbons (Fsp3) is 0.538. The number of hydrogen-bond donors (Lipinski definition) is 1. The molecule has 18 heavy (non-hydrogen) atoms. The summed E-state index contributed by atoms with van der Waals surface area (Å²) in [6.07, 6.45) is 5.03. The summed E-state index contributed by atoms with van der Waals surface area (Å²) >= 11 is 1.74. The number of hydrogen-bond acceptors (Lipinski definition) is 4. The van der Waals surface area contributed by atoms with Crippen molar-refractivity contribution < 1.29 is 0 Å². The van der Waals surface area contributed by atoms with Gasteiger partial charge in [0.15, 0.2) is 0 Å². The van der Waals surface area contributed by atoms with Gasteiger partial charge >= 0.3 is 0 Å². The van der Waals surface area contributed by atoms with E-state index in [1.165, 1.54) is 10.6 Å². The third-order valence-electron chi connectivity index (χ3n) is 2.93. The van der Waals surface area contributed by atoms with Crippen molar-refractivity contribution in [3.8, 4) is 0 Å². The molecule has 98 valence electrons. The molecule has 0 spiro atoms. The molecule has 1 atom stereocenters. The standard InChI is InChI=1S/C13H20N4S/c1-4-17-8-12(7-15-17)11(3)14-6-5-13-16-10(2)9-18-13/h7-9,11,14H,4-6H2,1-3H3. The Hall–Kier alpha value is -1.20. The lowest BCUT2D eigenvalue weighted by Gasteiger charge is -2.10. The summed E-state index contributed by atoms with van der Waals surface area (Å²) < 4.78 is 1.96. The van der Waals surface area contributed by atoms with Crippen molar-refractivity contribution in [3.05, 3.63) is 34.0 Å². The Balaban J connectivity index is 1.79. The van der Waals surface area contributed by atoms with Crippen molar-refractivity contribution in [1.29, 1.82) is 0 Å². The minimum atomic E-state index is 0.339. The highest BCUT2D eigenvalue weighted by Gasteiger charge is 2.07. The first-order valence-corrected chi connectivity index (χ1v) is 7.23. The van der Waals surface area contributed by atoms with Crippen LogP contribution in [0.4, 0.5) is 0 Å². The van der Waals surface area contributed by atoms with Crippen LogP contribution in [-0.2, 0) is 13.0 Å². The van der Waals surface area contributed by atoms with Gasteiger partial charge in [0.2, 0.25) is 0 Å². The van der Waals surface area contributed by atoms with Crippen LogP contribution in [0.25, 0.3) is 0 Å². The molecule has 0 radical (unpaired) electrons. The Morgan fingerprint density at radius 1 is 1.50 bits per heavy atom. The van der Waals surface area contributed by atoms with Crippen LogP contribution in [-0.4, -0.2) is 21.3 Å². The van der Waals surface area contributed by atoms with Gasteiger partial charge in [-0.05, 0) is 20.8 Å². The number of rotatable bonds is 6. The van der Waals surface area contributed by atoms with E-state index < -0.39 is 0 Å². The molecule has 1 unspecified atom stereocenters. The molecule has 0 aromatic carbocycles. The molecule has 4 nitrogen and oxygen atoms in total. The fourth-order valence-electron chi connectivity index (χ4n) is 1.81. The molecule has 2 aromatic rings. The van der Waals surface area contributed by atoms with E-state index in [9.17, 15) is 0 Å². The van der Waals surface area contributed by atoms with E-state index in [-0.39, 0.29) is 0 Å². The second-order valence-corrected chi connectivity index (χ2v) is 5.38. The average Bonchev–Trinajstić information content (AvgIpc) is 2.98. The maximum absolute atomic E-state index is 4.46. The van der Waals surface area contributed by atoms with E-state index >= 15 is 0 Å². The molecule has 0 saturated heterocycles. The minimum absolute atomic E-state index is 0.339. The monoisotopic (exact) mass is 264 g/mol. The molecule has 0 saturated carbocycles. The topological polar surface area (TPSA) is 42.7 Å². The van der Waals surface area contributed by atoms with E-state index in [2.05, 4.69) is 40.8 Å². The van der Waals surface area contributed by atoms with Crippen molar-refractivity contribution in [2.24, 2.45) is 0 Å². The molecule has 0 aliphatic heterocycles. The van der Waals surface area contributed by atoms with Crippen molar-refractivity contribution in [1.82, 2.24) is 20.1 Å². The van der Waals surface area contributed by atoms with Gasteiger partial charge in [0, 0.05) is 48.4 Å². The van der Waals surface area contributed by atoms with E-state index in [0.29, 0.717) is 6.04 Å². The molecule has 0 bridgehead atoms. The zero-order chi connectivity index (χ0) is 13.0. The summed E-state index contributed by atoms with van der Waals surface area (Å²) in [5.74, 6) is 0. The highest BCUT2D eigenvalue weighted by molar-refractivity contribution is 7.09. The summed E-state index contributed by atoms with van der Waals surface area (Å²) in [6, 6.07) is 0.339. The van der Waals surface area contributed by atoms with Crippen LogP contribution in [0.1, 0.15) is 36.2 Å². The Morgan fingerprint density at radius 2 is 2.33 bits per heavy atom. The molecule has 1 N–H and O–H groups in total. The lowest BCUT2D eigenvalue weighted by Crippen LogP contribution is -2.21. The van der Waals surface area contributed by atoms with Gasteiger partial charge in [0.25, 0.3) is 0 Å².